The molecule has 2 saturated heterocycles. The van der Waals surface area contributed by atoms with E-state index < -0.39 is 0 Å². The van der Waals surface area contributed by atoms with Crippen LogP contribution in [0, 0.1) is 0 Å². The van der Waals surface area contributed by atoms with Crippen molar-refractivity contribution in [2.24, 2.45) is 0 Å². The van der Waals surface area contributed by atoms with Crippen molar-refractivity contribution in [2.45, 2.75) is 57.7 Å². The van der Waals surface area contributed by atoms with Crippen molar-refractivity contribution < 1.29 is 4.74 Å². The zero-order valence-corrected chi connectivity index (χ0v) is 17.9. The molecule has 0 N–H and O–H groups in total. The second kappa shape index (κ2) is 8.50. The normalized spacial score (nSPS) is 23.8. The van der Waals surface area contributed by atoms with Gasteiger partial charge in [-0.3, -0.25) is 4.90 Å². The molecule has 5 heterocycles. The molecule has 2 atom stereocenters. The molecule has 156 valence electrons. The summed E-state index contributed by atoms with van der Waals surface area (Å²) in [6.45, 7) is 8.44. The van der Waals surface area contributed by atoms with Crippen molar-refractivity contribution in [2.75, 3.05) is 31.2 Å². The average molecular weight is 417 g/mol. The maximum Gasteiger partial charge on any atom is 0.225 e. The number of hydrogen-bond donors (Lipinski definition) is 0. The lowest BCUT2D eigenvalue weighted by molar-refractivity contribution is 0.122. The first-order valence-electron chi connectivity index (χ1n) is 10.4. The Balaban J connectivity index is 0.00000205. The molecule has 5 rings (SSSR count). The monoisotopic (exact) mass is 416 g/mol. The topological polar surface area (TPSA) is 67.3 Å². The first-order valence-corrected chi connectivity index (χ1v) is 10.4. The molecular weight excluding hydrogens is 388 g/mol. The summed E-state index contributed by atoms with van der Waals surface area (Å²) in [5.41, 5.74) is 3.74. The van der Waals surface area contributed by atoms with E-state index in [0.717, 1.165) is 51.0 Å². The minimum Gasteiger partial charge on any atom is -0.378 e. The van der Waals surface area contributed by atoms with Gasteiger partial charge in [0.05, 0.1) is 18.9 Å². The fraction of sp³-hybridized carbons (Fsp3) is 0.619. The van der Waals surface area contributed by atoms with Gasteiger partial charge in [-0.1, -0.05) is 13.8 Å². The number of ether oxygens (including phenoxy) is 1. The second-order valence-corrected chi connectivity index (χ2v) is 8.40. The number of rotatable bonds is 4. The molecule has 0 aromatic carbocycles. The predicted octanol–water partition coefficient (Wildman–Crippen LogP) is 2.91. The van der Waals surface area contributed by atoms with Gasteiger partial charge in [-0.15, -0.1) is 12.4 Å². The van der Waals surface area contributed by atoms with Crippen LogP contribution < -0.4 is 4.90 Å². The Hall–Kier alpha value is -1.83. The number of hydrogen-bond acceptors (Lipinski definition) is 7. The lowest BCUT2D eigenvalue weighted by Gasteiger charge is -2.36. The van der Waals surface area contributed by atoms with Gasteiger partial charge in [0.15, 0.2) is 0 Å². The number of nitrogens with zero attached hydrogens (tertiary/aromatic N) is 6. The highest BCUT2D eigenvalue weighted by Crippen LogP contribution is 2.43. The number of anilines is 1. The molecular formula is C21H29ClN6O. The van der Waals surface area contributed by atoms with Gasteiger partial charge in [-0.25, -0.2) is 19.9 Å². The Labute approximate surface area is 178 Å². The van der Waals surface area contributed by atoms with Gasteiger partial charge < -0.3 is 9.64 Å². The molecule has 2 bridgehead atoms. The zero-order valence-electron chi connectivity index (χ0n) is 17.1. The molecule has 0 spiro atoms. The molecule has 0 radical (unpaired) electrons. The van der Waals surface area contributed by atoms with Gasteiger partial charge in [0, 0.05) is 73.8 Å². The van der Waals surface area contributed by atoms with Crippen LogP contribution in [-0.2, 0) is 17.7 Å². The van der Waals surface area contributed by atoms with Crippen LogP contribution in [0.15, 0.2) is 18.6 Å². The van der Waals surface area contributed by atoms with Crippen molar-refractivity contribution in [1.29, 1.82) is 0 Å². The highest BCUT2D eigenvalue weighted by Gasteiger charge is 2.41. The van der Waals surface area contributed by atoms with Crippen molar-refractivity contribution in [3.05, 3.63) is 41.2 Å². The Bertz CT molecular complexity index is 840. The van der Waals surface area contributed by atoms with E-state index in [-0.39, 0.29) is 12.4 Å². The third kappa shape index (κ3) is 3.96. The van der Waals surface area contributed by atoms with Gasteiger partial charge in [-0.2, -0.15) is 0 Å². The highest BCUT2D eigenvalue weighted by molar-refractivity contribution is 5.85. The molecule has 0 amide bonds. The average Bonchev–Trinajstić information content (AvgIpc) is 3.00. The fourth-order valence-electron chi connectivity index (χ4n) is 4.68. The maximum atomic E-state index is 5.45. The molecule has 0 aliphatic carbocycles. The van der Waals surface area contributed by atoms with Gasteiger partial charge in [0.25, 0.3) is 0 Å². The van der Waals surface area contributed by atoms with Crippen LogP contribution in [0.2, 0.25) is 0 Å². The number of fused-ring (bicyclic) bond motifs is 4. The van der Waals surface area contributed by atoms with E-state index >= 15 is 0 Å². The second-order valence-electron chi connectivity index (χ2n) is 8.40. The quantitative estimate of drug-likeness (QED) is 0.759. The Morgan fingerprint density at radius 1 is 1.07 bits per heavy atom. The molecule has 2 aromatic heterocycles. The molecule has 0 saturated carbocycles. The first kappa shape index (κ1) is 20.4. The Morgan fingerprint density at radius 2 is 1.83 bits per heavy atom. The molecule has 7 nitrogen and oxygen atoms in total. The van der Waals surface area contributed by atoms with Gasteiger partial charge in [0.2, 0.25) is 5.95 Å². The van der Waals surface area contributed by atoms with Crippen LogP contribution in [-0.4, -0.2) is 57.2 Å². The first-order chi connectivity index (χ1) is 13.7. The Kier molecular flexibility index (Phi) is 5.99. The zero-order chi connectivity index (χ0) is 19.1. The summed E-state index contributed by atoms with van der Waals surface area (Å²) in [7, 11) is 0. The van der Waals surface area contributed by atoms with Gasteiger partial charge in [0.1, 0.15) is 5.82 Å². The summed E-state index contributed by atoms with van der Waals surface area (Å²) in [6, 6.07) is 0.965. The summed E-state index contributed by atoms with van der Waals surface area (Å²) in [5, 5.41) is 0. The van der Waals surface area contributed by atoms with E-state index in [9.17, 15) is 0 Å². The van der Waals surface area contributed by atoms with E-state index in [1.54, 1.807) is 0 Å². The summed E-state index contributed by atoms with van der Waals surface area (Å²) in [4.78, 5) is 23.6. The largest absolute Gasteiger partial charge is 0.378 e. The smallest absolute Gasteiger partial charge is 0.225 e. The van der Waals surface area contributed by atoms with Crippen molar-refractivity contribution >= 4 is 18.4 Å². The molecule has 2 fully saturated rings. The third-order valence-electron chi connectivity index (χ3n) is 6.22. The summed E-state index contributed by atoms with van der Waals surface area (Å²) >= 11 is 0. The van der Waals surface area contributed by atoms with Gasteiger partial charge in [-0.05, 0) is 12.8 Å². The molecule has 2 aromatic rings. The lowest BCUT2D eigenvalue weighted by Crippen LogP contribution is -2.40. The highest BCUT2D eigenvalue weighted by atomic mass is 35.5. The van der Waals surface area contributed by atoms with E-state index in [2.05, 4.69) is 39.8 Å². The van der Waals surface area contributed by atoms with Crippen LogP contribution in [0.3, 0.4) is 0 Å². The Morgan fingerprint density at radius 3 is 2.55 bits per heavy atom. The minimum absolute atomic E-state index is 0. The fourth-order valence-corrected chi connectivity index (χ4v) is 4.68. The predicted molar refractivity (Wildman–Crippen MR) is 113 cm³/mol. The van der Waals surface area contributed by atoms with E-state index in [1.165, 1.54) is 29.7 Å². The molecule has 2 unspecified atom stereocenters. The number of halogens is 1. The minimum atomic E-state index is 0. The van der Waals surface area contributed by atoms with Crippen molar-refractivity contribution in [1.82, 2.24) is 24.8 Å². The summed E-state index contributed by atoms with van der Waals surface area (Å²) < 4.78 is 5.45. The number of aromatic nitrogens is 4. The van der Waals surface area contributed by atoms with Crippen molar-refractivity contribution in [3.63, 3.8) is 0 Å². The lowest BCUT2D eigenvalue weighted by atomic mass is 9.99. The number of morpholine rings is 1. The standard InChI is InChI=1S/C21H28N6O.ClH/c1-14(2)20-22-10-15(11-23-20)13-27-16-3-4-19(27)17-12-24-21(25-18(17)9-16)26-5-7-28-8-6-26;/h10-12,14,16,19H,3-9,13H2,1-2H3;1H. The van der Waals surface area contributed by atoms with E-state index in [4.69, 9.17) is 14.7 Å². The summed E-state index contributed by atoms with van der Waals surface area (Å²) in [5.74, 6) is 2.15. The van der Waals surface area contributed by atoms with Gasteiger partial charge >= 0.3 is 0 Å². The summed E-state index contributed by atoms with van der Waals surface area (Å²) in [6.07, 6.45) is 9.48. The molecule has 29 heavy (non-hydrogen) atoms. The van der Waals surface area contributed by atoms with Crippen molar-refractivity contribution in [3.8, 4) is 0 Å². The molecule has 3 aliphatic rings. The van der Waals surface area contributed by atoms with Crippen LogP contribution in [0.25, 0.3) is 0 Å². The van der Waals surface area contributed by atoms with Crippen LogP contribution >= 0.6 is 12.4 Å². The SMILES string of the molecule is CC(C)c1ncc(CN2C3CCC2c2cnc(N4CCOCC4)nc2C3)cn1.Cl. The van der Waals surface area contributed by atoms with Crippen LogP contribution in [0.4, 0.5) is 5.95 Å². The molecule has 3 aliphatic heterocycles. The molecule has 8 heteroatoms. The van der Waals surface area contributed by atoms with E-state index in [0.29, 0.717) is 18.0 Å². The van der Waals surface area contributed by atoms with Crippen LogP contribution in [0.1, 0.15) is 61.3 Å². The van der Waals surface area contributed by atoms with E-state index in [1.807, 2.05) is 12.4 Å². The maximum absolute atomic E-state index is 5.45. The van der Waals surface area contributed by atoms with Crippen LogP contribution in [0.5, 0.6) is 0 Å². The third-order valence-corrected chi connectivity index (χ3v) is 6.22.